The van der Waals surface area contributed by atoms with Crippen LogP contribution in [-0.2, 0) is 14.3 Å². The highest BCUT2D eigenvalue weighted by molar-refractivity contribution is 6.30. The minimum atomic E-state index is -0.650. The molecule has 6 nitrogen and oxygen atoms in total. The molecule has 2 aliphatic carbocycles. The zero-order valence-electron chi connectivity index (χ0n) is 16.6. The molecule has 0 unspecified atom stereocenters. The second kappa shape index (κ2) is 7.61. The molecule has 1 saturated heterocycles. The molecule has 158 valence electrons. The number of hydrogen-bond acceptors (Lipinski definition) is 5. The number of hydrogen-bond donors (Lipinski definition) is 0. The quantitative estimate of drug-likeness (QED) is 0.402. The molecule has 5 rings (SSSR count). The number of anilines is 1. The highest BCUT2D eigenvalue weighted by Gasteiger charge is 2.61. The van der Waals surface area contributed by atoms with Crippen molar-refractivity contribution in [1.82, 2.24) is 0 Å². The third-order valence-electron chi connectivity index (χ3n) is 6.79. The fraction of sp³-hybridized carbons (Fsp3) is 0.333. The van der Waals surface area contributed by atoms with Crippen LogP contribution in [0, 0.1) is 23.7 Å². The van der Waals surface area contributed by atoms with Gasteiger partial charge in [0.2, 0.25) is 11.8 Å². The van der Waals surface area contributed by atoms with Crippen LogP contribution < -0.4 is 4.90 Å². The van der Waals surface area contributed by atoms with Crippen LogP contribution in [0.3, 0.4) is 0 Å². The second-order valence-corrected chi connectivity index (χ2v) is 8.89. The van der Waals surface area contributed by atoms with Crippen molar-refractivity contribution in [2.75, 3.05) is 11.5 Å². The summed E-state index contributed by atoms with van der Waals surface area (Å²) >= 11 is 5.80. The molecule has 0 spiro atoms. The van der Waals surface area contributed by atoms with Crippen LogP contribution in [0.25, 0.3) is 0 Å². The van der Waals surface area contributed by atoms with E-state index in [0.29, 0.717) is 28.1 Å². The predicted octanol–water partition coefficient (Wildman–Crippen LogP) is 3.92. The lowest BCUT2D eigenvalue weighted by Gasteiger charge is -2.19. The fourth-order valence-corrected chi connectivity index (χ4v) is 5.47. The van der Waals surface area contributed by atoms with Gasteiger partial charge in [0.05, 0.1) is 23.1 Å². The van der Waals surface area contributed by atoms with Gasteiger partial charge in [-0.1, -0.05) is 11.6 Å². The molecule has 1 heterocycles. The predicted molar refractivity (Wildman–Crippen MR) is 113 cm³/mol. The number of esters is 1. The molecule has 2 aromatic rings. The first-order valence-electron chi connectivity index (χ1n) is 10.4. The molecule has 2 saturated carbocycles. The normalized spacial score (nSPS) is 26.3. The van der Waals surface area contributed by atoms with Gasteiger partial charge in [-0.25, -0.2) is 4.79 Å². The number of ketones is 1. The van der Waals surface area contributed by atoms with E-state index in [4.69, 9.17) is 16.3 Å². The number of ether oxygens (including phenoxy) is 1. The van der Waals surface area contributed by atoms with Crippen LogP contribution >= 0.6 is 11.6 Å². The van der Waals surface area contributed by atoms with Gasteiger partial charge in [-0.2, -0.15) is 0 Å². The maximum atomic E-state index is 12.9. The second-order valence-electron chi connectivity index (χ2n) is 8.45. The number of rotatable bonds is 5. The number of imide groups is 1. The van der Waals surface area contributed by atoms with Crippen molar-refractivity contribution in [3.8, 4) is 0 Å². The highest BCUT2D eigenvalue weighted by atomic mass is 35.5. The van der Waals surface area contributed by atoms with Gasteiger partial charge >= 0.3 is 5.97 Å². The van der Waals surface area contributed by atoms with Crippen molar-refractivity contribution in [2.24, 2.45) is 23.7 Å². The van der Waals surface area contributed by atoms with Crippen molar-refractivity contribution < 1.29 is 23.9 Å². The number of Topliss-reactive ketones (excluding diaryl/α,β-unsaturated/α-hetero) is 1. The molecule has 0 radical (unpaired) electrons. The first-order valence-corrected chi connectivity index (χ1v) is 10.8. The Labute approximate surface area is 184 Å². The Hall–Kier alpha value is -2.99. The summed E-state index contributed by atoms with van der Waals surface area (Å²) in [7, 11) is 0. The summed E-state index contributed by atoms with van der Waals surface area (Å²) in [6, 6.07) is 12.5. The van der Waals surface area contributed by atoms with Crippen LogP contribution in [0.2, 0.25) is 5.02 Å². The first-order chi connectivity index (χ1) is 14.9. The minimum absolute atomic E-state index is 0.119. The summed E-state index contributed by atoms with van der Waals surface area (Å²) in [6.45, 7) is -0.391. The summed E-state index contributed by atoms with van der Waals surface area (Å²) in [5.74, 6) is -0.951. The van der Waals surface area contributed by atoms with Gasteiger partial charge in [-0.15, -0.1) is 0 Å². The number of nitrogens with zero attached hydrogens (tertiary/aromatic N) is 1. The Morgan fingerprint density at radius 1 is 0.871 bits per heavy atom. The average Bonchev–Trinajstić information content (AvgIpc) is 3.46. The largest absolute Gasteiger partial charge is 0.454 e. The highest BCUT2D eigenvalue weighted by Crippen LogP contribution is 2.56. The van der Waals surface area contributed by atoms with Gasteiger partial charge in [0, 0.05) is 10.6 Å². The molecule has 2 amide bonds. The van der Waals surface area contributed by atoms with Crippen molar-refractivity contribution in [2.45, 2.75) is 19.3 Å². The molecule has 2 aromatic carbocycles. The molecule has 1 aliphatic heterocycles. The van der Waals surface area contributed by atoms with E-state index in [1.807, 2.05) is 0 Å². The average molecular weight is 438 g/mol. The maximum absolute atomic E-state index is 12.9. The molecule has 0 N–H and O–H groups in total. The fourth-order valence-electron chi connectivity index (χ4n) is 5.34. The van der Waals surface area contributed by atoms with Gasteiger partial charge in [0.15, 0.2) is 12.4 Å². The van der Waals surface area contributed by atoms with Crippen LogP contribution in [0.15, 0.2) is 48.5 Å². The van der Waals surface area contributed by atoms with E-state index >= 15 is 0 Å². The Bertz CT molecular complexity index is 1050. The van der Waals surface area contributed by atoms with Crippen molar-refractivity contribution >= 4 is 40.9 Å². The van der Waals surface area contributed by atoms with E-state index in [2.05, 4.69) is 0 Å². The van der Waals surface area contributed by atoms with E-state index in [1.54, 1.807) is 36.4 Å². The minimum Gasteiger partial charge on any atom is -0.454 e. The van der Waals surface area contributed by atoms with Crippen LogP contribution in [0.1, 0.15) is 40.0 Å². The van der Waals surface area contributed by atoms with E-state index in [1.165, 1.54) is 17.0 Å². The molecule has 0 aromatic heterocycles. The number of benzene rings is 2. The van der Waals surface area contributed by atoms with Gasteiger partial charge in [0.1, 0.15) is 0 Å². The number of fused-ring (bicyclic) bond motifs is 5. The van der Waals surface area contributed by atoms with Gasteiger partial charge in [-0.05, 0) is 79.6 Å². The van der Waals surface area contributed by atoms with Gasteiger partial charge < -0.3 is 4.74 Å². The summed E-state index contributed by atoms with van der Waals surface area (Å²) in [5, 5.41) is 0.514. The van der Waals surface area contributed by atoms with Crippen molar-refractivity contribution in [3.63, 3.8) is 0 Å². The third kappa shape index (κ3) is 3.35. The zero-order valence-corrected chi connectivity index (χ0v) is 17.4. The van der Waals surface area contributed by atoms with Crippen LogP contribution in [0.5, 0.6) is 0 Å². The maximum Gasteiger partial charge on any atom is 0.338 e. The van der Waals surface area contributed by atoms with Gasteiger partial charge in [-0.3, -0.25) is 19.3 Å². The molecule has 31 heavy (non-hydrogen) atoms. The van der Waals surface area contributed by atoms with Gasteiger partial charge in [0.25, 0.3) is 0 Å². The van der Waals surface area contributed by atoms with E-state index in [0.717, 1.165) is 19.3 Å². The molecular weight excluding hydrogens is 418 g/mol. The lowest BCUT2D eigenvalue weighted by Crippen LogP contribution is -2.32. The zero-order chi connectivity index (χ0) is 21.7. The molecule has 3 fully saturated rings. The Morgan fingerprint density at radius 2 is 1.42 bits per heavy atom. The first kappa shape index (κ1) is 19.9. The topological polar surface area (TPSA) is 80.8 Å². The number of carbonyl (C=O) groups excluding carboxylic acids is 4. The molecule has 7 heteroatoms. The van der Waals surface area contributed by atoms with Crippen LogP contribution in [0.4, 0.5) is 5.69 Å². The van der Waals surface area contributed by atoms with E-state index in [9.17, 15) is 19.2 Å². The Morgan fingerprint density at radius 3 is 2.00 bits per heavy atom. The monoisotopic (exact) mass is 437 g/mol. The lowest BCUT2D eigenvalue weighted by atomic mass is 9.81. The molecule has 3 aliphatic rings. The smallest absolute Gasteiger partial charge is 0.338 e. The Balaban J connectivity index is 1.24. The van der Waals surface area contributed by atoms with Crippen molar-refractivity contribution in [1.29, 1.82) is 0 Å². The van der Waals surface area contributed by atoms with Crippen LogP contribution in [-0.4, -0.2) is 30.2 Å². The summed E-state index contributed by atoms with van der Waals surface area (Å²) < 4.78 is 5.11. The number of amides is 2. The molecule has 4 atom stereocenters. The summed E-state index contributed by atoms with van der Waals surface area (Å²) in [6.07, 6.45) is 3.04. The lowest BCUT2D eigenvalue weighted by molar-refractivity contribution is -0.123. The van der Waals surface area contributed by atoms with E-state index < -0.39 is 12.6 Å². The number of carbonyl (C=O) groups is 4. The van der Waals surface area contributed by atoms with E-state index in [-0.39, 0.29) is 35.0 Å². The third-order valence-corrected chi connectivity index (χ3v) is 7.04. The summed E-state index contributed by atoms with van der Waals surface area (Å²) in [5.41, 5.74) is 1.11. The van der Waals surface area contributed by atoms with Crippen molar-refractivity contribution in [3.05, 3.63) is 64.7 Å². The SMILES string of the molecule is O=C(COC(=O)c1ccc(N2C(=O)[C@H]3[C@@H]4CC[C@H](C4)[C@@H]3C2=O)cc1)c1ccc(Cl)cc1. The standard InChI is InChI=1S/C24H20ClNO5/c25-17-7-3-13(4-8-17)19(27)12-31-24(30)14-5-9-18(10-6-14)26-22(28)20-15-1-2-16(11-15)21(20)23(26)29/h3-10,15-16,20-21H,1-2,11-12H2/t15-,16-,20+,21+/m1/s1. The Kier molecular flexibility index (Phi) is 4.89. The molecule has 2 bridgehead atoms. The summed E-state index contributed by atoms with van der Waals surface area (Å²) in [4.78, 5) is 51.5. The number of halogens is 1. The molecular formula is C24H20ClNO5.